The van der Waals surface area contributed by atoms with Gasteiger partial charge < -0.3 is 10.2 Å². The van der Waals surface area contributed by atoms with Gasteiger partial charge in [0.2, 0.25) is 11.8 Å². The molecule has 4 heteroatoms. The highest BCUT2D eigenvalue weighted by atomic mass is 16.2. The lowest BCUT2D eigenvalue weighted by molar-refractivity contribution is -0.154. The summed E-state index contributed by atoms with van der Waals surface area (Å²) in [5, 5.41) is 2.99. The fourth-order valence-electron chi connectivity index (χ4n) is 3.30. The summed E-state index contributed by atoms with van der Waals surface area (Å²) in [5.74, 6) is 0.559. The van der Waals surface area contributed by atoms with Crippen LogP contribution in [0.3, 0.4) is 0 Å². The third kappa shape index (κ3) is 3.78. The molecule has 1 heterocycles. The Morgan fingerprint density at radius 2 is 1.81 bits per heavy atom. The van der Waals surface area contributed by atoms with Crippen molar-refractivity contribution in [3.8, 4) is 0 Å². The predicted molar refractivity (Wildman–Crippen MR) is 83.8 cm³/mol. The minimum absolute atomic E-state index is 0.0366. The maximum absolute atomic E-state index is 12.8. The van der Waals surface area contributed by atoms with Gasteiger partial charge in [-0.1, -0.05) is 47.0 Å². The molecule has 21 heavy (non-hydrogen) atoms. The number of nitrogens with zero attached hydrogens (tertiary/aromatic N) is 1. The number of amides is 2. The predicted octanol–water partition coefficient (Wildman–Crippen LogP) is 2.72. The van der Waals surface area contributed by atoms with E-state index in [4.69, 9.17) is 0 Å². The van der Waals surface area contributed by atoms with Crippen molar-refractivity contribution < 1.29 is 9.59 Å². The van der Waals surface area contributed by atoms with Gasteiger partial charge in [-0.3, -0.25) is 9.59 Å². The highest BCUT2D eigenvalue weighted by molar-refractivity contribution is 5.97. The van der Waals surface area contributed by atoms with Gasteiger partial charge in [-0.15, -0.1) is 0 Å². The van der Waals surface area contributed by atoms with Gasteiger partial charge in [-0.25, -0.2) is 0 Å². The van der Waals surface area contributed by atoms with Crippen molar-refractivity contribution in [2.75, 3.05) is 6.54 Å². The lowest BCUT2D eigenvalue weighted by Gasteiger charge is -2.45. The number of carbonyl (C=O) groups is 2. The van der Waals surface area contributed by atoms with Gasteiger partial charge in [0.15, 0.2) is 0 Å². The molecule has 1 saturated carbocycles. The fraction of sp³-hybridized carbons (Fsp3) is 0.882. The Hall–Kier alpha value is -1.06. The van der Waals surface area contributed by atoms with Crippen LogP contribution in [-0.4, -0.2) is 35.3 Å². The molecule has 2 rings (SSSR count). The summed E-state index contributed by atoms with van der Waals surface area (Å²) in [4.78, 5) is 27.2. The van der Waals surface area contributed by atoms with Crippen molar-refractivity contribution in [1.82, 2.24) is 10.2 Å². The zero-order valence-electron chi connectivity index (χ0n) is 13.9. The lowest BCUT2D eigenvalue weighted by atomic mass is 9.82. The van der Waals surface area contributed by atoms with Gasteiger partial charge in [0.1, 0.15) is 12.1 Å². The molecule has 0 spiro atoms. The summed E-state index contributed by atoms with van der Waals surface area (Å²) >= 11 is 0. The van der Waals surface area contributed by atoms with Crippen molar-refractivity contribution in [2.24, 2.45) is 11.3 Å². The van der Waals surface area contributed by atoms with Gasteiger partial charge in [0.05, 0.1) is 0 Å². The van der Waals surface area contributed by atoms with Crippen LogP contribution in [-0.2, 0) is 9.59 Å². The van der Waals surface area contributed by atoms with Crippen molar-refractivity contribution >= 4 is 11.8 Å². The summed E-state index contributed by atoms with van der Waals surface area (Å²) in [6.07, 6.45) is 6.65. The maximum Gasteiger partial charge on any atom is 0.246 e. The number of hydrogen-bond donors (Lipinski definition) is 1. The third-order valence-electron chi connectivity index (χ3n) is 4.57. The van der Waals surface area contributed by atoms with E-state index >= 15 is 0 Å². The standard InChI is InChI=1S/C17H30N2O2/c1-5-6-7-8-11-19-14(17(2,3)4)15(20)18-13(16(19)21)12-9-10-12/h12-14H,5-11H2,1-4H3,(H,18,20). The van der Waals surface area contributed by atoms with E-state index in [9.17, 15) is 9.59 Å². The monoisotopic (exact) mass is 294 g/mol. The number of rotatable bonds is 6. The molecule has 0 aromatic heterocycles. The summed E-state index contributed by atoms with van der Waals surface area (Å²) in [6.45, 7) is 9.03. The van der Waals surface area contributed by atoms with Crippen molar-refractivity contribution in [3.63, 3.8) is 0 Å². The summed E-state index contributed by atoms with van der Waals surface area (Å²) in [7, 11) is 0. The molecule has 1 saturated heterocycles. The second-order valence-corrected chi connectivity index (χ2v) is 7.68. The Balaban J connectivity index is 2.10. The van der Waals surface area contributed by atoms with Crippen LogP contribution in [0.2, 0.25) is 0 Å². The fourth-order valence-corrected chi connectivity index (χ4v) is 3.30. The van der Waals surface area contributed by atoms with Crippen molar-refractivity contribution in [1.29, 1.82) is 0 Å². The number of piperazine rings is 1. The summed E-state index contributed by atoms with van der Waals surface area (Å²) in [6, 6.07) is -0.594. The van der Waals surface area contributed by atoms with Crippen LogP contribution in [0.1, 0.15) is 66.2 Å². The molecule has 1 N–H and O–H groups in total. The second kappa shape index (κ2) is 6.37. The Morgan fingerprint density at radius 3 is 2.33 bits per heavy atom. The quantitative estimate of drug-likeness (QED) is 0.766. The molecule has 0 bridgehead atoms. The second-order valence-electron chi connectivity index (χ2n) is 7.68. The van der Waals surface area contributed by atoms with E-state index in [0.29, 0.717) is 5.92 Å². The SMILES string of the molecule is CCCCCCN1C(=O)C(C2CC2)NC(=O)C1C(C)(C)C. The van der Waals surface area contributed by atoms with Crippen LogP contribution in [0.4, 0.5) is 0 Å². The molecule has 2 fully saturated rings. The summed E-state index contributed by atoms with van der Waals surface area (Å²) in [5.41, 5.74) is -0.223. The highest BCUT2D eigenvalue weighted by Gasteiger charge is 2.49. The Bertz CT molecular complexity index is 396. The van der Waals surface area contributed by atoms with Gasteiger partial charge in [-0.05, 0) is 30.6 Å². The number of unbranched alkanes of at least 4 members (excludes halogenated alkanes) is 3. The van der Waals surface area contributed by atoms with Gasteiger partial charge in [0, 0.05) is 6.54 Å². The van der Waals surface area contributed by atoms with E-state index in [0.717, 1.165) is 32.2 Å². The van der Waals surface area contributed by atoms with E-state index in [1.54, 1.807) is 0 Å². The van der Waals surface area contributed by atoms with E-state index < -0.39 is 0 Å². The number of carbonyl (C=O) groups excluding carboxylic acids is 2. The maximum atomic E-state index is 12.8. The van der Waals surface area contributed by atoms with Gasteiger partial charge in [-0.2, -0.15) is 0 Å². The van der Waals surface area contributed by atoms with E-state index in [-0.39, 0.29) is 29.3 Å². The first kappa shape index (κ1) is 16.3. The molecular weight excluding hydrogens is 264 g/mol. The van der Waals surface area contributed by atoms with Gasteiger partial charge in [0.25, 0.3) is 0 Å². The molecule has 1 aliphatic carbocycles. The van der Waals surface area contributed by atoms with Crippen LogP contribution in [0.15, 0.2) is 0 Å². The minimum Gasteiger partial charge on any atom is -0.342 e. The molecule has 4 nitrogen and oxygen atoms in total. The smallest absolute Gasteiger partial charge is 0.246 e. The van der Waals surface area contributed by atoms with E-state index in [1.807, 2.05) is 25.7 Å². The molecule has 2 unspecified atom stereocenters. The average molecular weight is 294 g/mol. The first-order chi connectivity index (χ1) is 9.86. The van der Waals surface area contributed by atoms with Crippen LogP contribution in [0, 0.1) is 11.3 Å². The molecule has 1 aliphatic heterocycles. The third-order valence-corrected chi connectivity index (χ3v) is 4.57. The molecule has 120 valence electrons. The highest BCUT2D eigenvalue weighted by Crippen LogP contribution is 2.37. The molecule has 0 aromatic rings. The van der Waals surface area contributed by atoms with Gasteiger partial charge >= 0.3 is 0 Å². The number of nitrogens with one attached hydrogen (secondary N) is 1. The molecule has 2 aliphatic rings. The summed E-state index contributed by atoms with van der Waals surface area (Å²) < 4.78 is 0. The molecular formula is C17H30N2O2. The molecule has 2 amide bonds. The minimum atomic E-state index is -0.332. The van der Waals surface area contributed by atoms with Crippen molar-refractivity contribution in [2.45, 2.75) is 78.3 Å². The number of hydrogen-bond acceptors (Lipinski definition) is 2. The normalized spacial score (nSPS) is 27.0. The Labute approximate surface area is 128 Å². The van der Waals surface area contributed by atoms with E-state index in [2.05, 4.69) is 12.2 Å². The van der Waals surface area contributed by atoms with E-state index in [1.165, 1.54) is 12.8 Å². The first-order valence-corrected chi connectivity index (χ1v) is 8.47. The van der Waals surface area contributed by atoms with Crippen LogP contribution < -0.4 is 5.32 Å². The van der Waals surface area contributed by atoms with Crippen LogP contribution in [0.5, 0.6) is 0 Å². The zero-order valence-corrected chi connectivity index (χ0v) is 13.9. The molecule has 0 aromatic carbocycles. The van der Waals surface area contributed by atoms with Crippen molar-refractivity contribution in [3.05, 3.63) is 0 Å². The lowest BCUT2D eigenvalue weighted by Crippen LogP contribution is -2.67. The Morgan fingerprint density at radius 1 is 1.14 bits per heavy atom. The topological polar surface area (TPSA) is 49.4 Å². The average Bonchev–Trinajstić information content (AvgIpc) is 3.20. The first-order valence-electron chi connectivity index (χ1n) is 8.47. The van der Waals surface area contributed by atoms with Crippen LogP contribution >= 0.6 is 0 Å². The largest absolute Gasteiger partial charge is 0.342 e. The Kier molecular flexibility index (Phi) is 4.95. The van der Waals surface area contributed by atoms with Crippen LogP contribution in [0.25, 0.3) is 0 Å². The molecule has 0 radical (unpaired) electrons. The molecule has 2 atom stereocenters. The zero-order chi connectivity index (χ0) is 15.6.